The number of rotatable bonds is 4. The molecule has 0 radical (unpaired) electrons. The minimum atomic E-state index is -0.607. The molecule has 88 valence electrons. The molecule has 0 N–H and O–H groups in total. The molecule has 1 rings (SSSR count). The molecular weight excluding hydrogens is 248 g/mol. The molecule has 0 aliphatic carbocycles. The first-order chi connectivity index (χ1) is 7.50. The Kier molecular flexibility index (Phi) is 4.63. The molecule has 0 saturated heterocycles. The van der Waals surface area contributed by atoms with Gasteiger partial charge in [0.25, 0.3) is 5.17 Å². The molecule has 5 nitrogen and oxygen atoms in total. The van der Waals surface area contributed by atoms with Crippen LogP contribution in [0.2, 0.25) is 0 Å². The van der Waals surface area contributed by atoms with Crippen molar-refractivity contribution < 1.29 is 9.66 Å². The van der Waals surface area contributed by atoms with Crippen molar-refractivity contribution in [3.05, 3.63) is 32.5 Å². The Labute approximate surface area is 103 Å². The summed E-state index contributed by atoms with van der Waals surface area (Å²) in [5, 5.41) is 12.6. The molecule has 0 saturated carbocycles. The molecule has 0 amide bonds. The van der Waals surface area contributed by atoms with Crippen molar-refractivity contribution in [3.8, 4) is 0 Å². The van der Waals surface area contributed by atoms with Crippen LogP contribution in [0.15, 0.2) is 17.5 Å². The van der Waals surface area contributed by atoms with Gasteiger partial charge in [0.15, 0.2) is 6.10 Å². The second-order valence-corrected chi connectivity index (χ2v) is 4.63. The highest BCUT2D eigenvalue weighted by atomic mass is 32.1. The molecule has 1 unspecified atom stereocenters. The third-order valence-corrected chi connectivity index (χ3v) is 3.21. The first-order valence-corrected chi connectivity index (χ1v) is 5.82. The Morgan fingerprint density at radius 2 is 2.44 bits per heavy atom. The van der Waals surface area contributed by atoms with Gasteiger partial charge in [0.2, 0.25) is 6.54 Å². The summed E-state index contributed by atoms with van der Waals surface area (Å²) in [6, 6.07) is 3.63. The predicted octanol–water partition coefficient (Wildman–Crippen LogP) is 1.93. The van der Waals surface area contributed by atoms with Gasteiger partial charge in [0.1, 0.15) is 0 Å². The zero-order chi connectivity index (χ0) is 12.1. The lowest BCUT2D eigenvalue weighted by molar-refractivity contribution is -0.490. The highest BCUT2D eigenvalue weighted by Gasteiger charge is 2.22. The van der Waals surface area contributed by atoms with Gasteiger partial charge in [0.05, 0.1) is 4.88 Å². The van der Waals surface area contributed by atoms with E-state index < -0.39 is 11.0 Å². The fourth-order valence-electron chi connectivity index (χ4n) is 1.02. The molecule has 1 aromatic heterocycles. The smallest absolute Gasteiger partial charge is 0.259 e. The minimum Gasteiger partial charge on any atom is -0.455 e. The molecule has 7 heteroatoms. The molecule has 0 bridgehead atoms. The van der Waals surface area contributed by atoms with E-state index in [1.165, 1.54) is 11.3 Å². The monoisotopic (exact) mass is 260 g/mol. The lowest BCUT2D eigenvalue weighted by atomic mass is 10.3. The summed E-state index contributed by atoms with van der Waals surface area (Å²) in [6.07, 6.45) is -0.607. The molecule has 1 atom stereocenters. The summed E-state index contributed by atoms with van der Waals surface area (Å²) >= 11 is 6.39. The molecule has 1 heterocycles. The normalized spacial score (nSPS) is 11.9. The number of thiophene rings is 1. The second-order valence-electron chi connectivity index (χ2n) is 3.30. The standard InChI is InChI=1S/C9H12N2O3S2/c1-10(2)9(15)14-7(6-11(12)13)8-4-3-5-16-8/h3-5,7H,6H2,1-2H3. The number of hydrogen-bond donors (Lipinski definition) is 0. The van der Waals surface area contributed by atoms with E-state index in [-0.39, 0.29) is 11.7 Å². The van der Waals surface area contributed by atoms with Crippen molar-refractivity contribution in [1.82, 2.24) is 4.90 Å². The van der Waals surface area contributed by atoms with Crippen molar-refractivity contribution in [3.63, 3.8) is 0 Å². The molecule has 0 fully saturated rings. The topological polar surface area (TPSA) is 55.6 Å². The lowest BCUT2D eigenvalue weighted by Gasteiger charge is -2.19. The van der Waals surface area contributed by atoms with Gasteiger partial charge in [-0.3, -0.25) is 10.1 Å². The van der Waals surface area contributed by atoms with Gasteiger partial charge in [-0.2, -0.15) is 0 Å². The number of ether oxygens (including phenoxy) is 1. The second kappa shape index (κ2) is 5.76. The quantitative estimate of drug-likeness (QED) is 0.470. The van der Waals surface area contributed by atoms with E-state index in [0.29, 0.717) is 0 Å². The Balaban J connectivity index is 2.72. The van der Waals surface area contributed by atoms with Crippen LogP contribution in [0.25, 0.3) is 0 Å². The molecule has 0 spiro atoms. The predicted molar refractivity (Wildman–Crippen MR) is 66.3 cm³/mol. The Morgan fingerprint density at radius 1 is 1.75 bits per heavy atom. The van der Waals surface area contributed by atoms with Gasteiger partial charge in [-0.1, -0.05) is 6.07 Å². The van der Waals surface area contributed by atoms with Gasteiger partial charge in [-0.05, 0) is 23.7 Å². The maximum atomic E-state index is 10.5. The maximum Gasteiger partial charge on any atom is 0.259 e. The summed E-state index contributed by atoms with van der Waals surface area (Å²) in [6.45, 7) is -0.283. The van der Waals surface area contributed by atoms with Crippen LogP contribution in [0.5, 0.6) is 0 Å². The molecule has 16 heavy (non-hydrogen) atoms. The largest absolute Gasteiger partial charge is 0.455 e. The Hall–Kier alpha value is -1.21. The maximum absolute atomic E-state index is 10.5. The van der Waals surface area contributed by atoms with Crippen LogP contribution in [0.4, 0.5) is 0 Å². The highest BCUT2D eigenvalue weighted by molar-refractivity contribution is 7.80. The summed E-state index contributed by atoms with van der Waals surface area (Å²) in [7, 11) is 3.47. The Morgan fingerprint density at radius 3 is 2.88 bits per heavy atom. The SMILES string of the molecule is CN(C)C(=S)OC(C[N+](=O)[O-])c1cccs1. The first-order valence-electron chi connectivity index (χ1n) is 4.54. The van der Waals surface area contributed by atoms with Gasteiger partial charge in [-0.25, -0.2) is 0 Å². The molecule has 0 aromatic carbocycles. The third-order valence-electron chi connectivity index (χ3n) is 1.78. The summed E-state index contributed by atoms with van der Waals surface area (Å²) < 4.78 is 5.39. The minimum absolute atomic E-state index is 0.250. The summed E-state index contributed by atoms with van der Waals surface area (Å²) in [5.41, 5.74) is 0. The van der Waals surface area contributed by atoms with Gasteiger partial charge in [-0.15, -0.1) is 11.3 Å². The van der Waals surface area contributed by atoms with Crippen LogP contribution in [0.1, 0.15) is 11.0 Å². The van der Waals surface area contributed by atoms with Crippen LogP contribution in [0, 0.1) is 10.1 Å². The molecule has 0 aliphatic rings. The van der Waals surface area contributed by atoms with E-state index in [0.717, 1.165) is 4.88 Å². The van der Waals surface area contributed by atoms with E-state index in [1.807, 2.05) is 11.4 Å². The highest BCUT2D eigenvalue weighted by Crippen LogP contribution is 2.23. The van der Waals surface area contributed by atoms with Crippen molar-refractivity contribution in [2.45, 2.75) is 6.10 Å². The van der Waals surface area contributed by atoms with Gasteiger partial charge in [0, 0.05) is 19.0 Å². The van der Waals surface area contributed by atoms with Gasteiger partial charge < -0.3 is 9.64 Å². The number of thiocarbonyl (C=S) groups is 1. The number of nitro groups is 1. The summed E-state index contributed by atoms with van der Waals surface area (Å²) in [4.78, 5) is 12.5. The first kappa shape index (κ1) is 12.9. The van der Waals surface area contributed by atoms with Crippen LogP contribution >= 0.6 is 23.6 Å². The van der Waals surface area contributed by atoms with E-state index in [2.05, 4.69) is 0 Å². The average molecular weight is 260 g/mol. The molecule has 0 aliphatic heterocycles. The van der Waals surface area contributed by atoms with Crippen LogP contribution in [-0.4, -0.2) is 35.6 Å². The van der Waals surface area contributed by atoms with E-state index in [4.69, 9.17) is 17.0 Å². The molecular formula is C9H12N2O3S2. The lowest BCUT2D eigenvalue weighted by Crippen LogP contribution is -2.27. The fourth-order valence-corrected chi connectivity index (χ4v) is 1.88. The van der Waals surface area contributed by atoms with Gasteiger partial charge >= 0.3 is 0 Å². The van der Waals surface area contributed by atoms with Crippen molar-refractivity contribution >= 4 is 28.7 Å². The molecule has 1 aromatic rings. The number of hydrogen-bond acceptors (Lipinski definition) is 5. The zero-order valence-corrected chi connectivity index (χ0v) is 10.6. The third kappa shape index (κ3) is 3.74. The Bertz CT molecular complexity index is 365. The van der Waals surface area contributed by atoms with E-state index >= 15 is 0 Å². The van der Waals surface area contributed by atoms with E-state index in [9.17, 15) is 10.1 Å². The van der Waals surface area contributed by atoms with Crippen LogP contribution in [-0.2, 0) is 4.74 Å². The zero-order valence-electron chi connectivity index (χ0n) is 8.95. The van der Waals surface area contributed by atoms with Crippen molar-refractivity contribution in [1.29, 1.82) is 0 Å². The van der Waals surface area contributed by atoms with Crippen molar-refractivity contribution in [2.75, 3.05) is 20.6 Å². The average Bonchev–Trinajstić information content (AvgIpc) is 2.68. The van der Waals surface area contributed by atoms with E-state index in [1.54, 1.807) is 25.1 Å². The van der Waals surface area contributed by atoms with Crippen LogP contribution < -0.4 is 0 Å². The number of nitrogens with zero attached hydrogens (tertiary/aromatic N) is 2. The van der Waals surface area contributed by atoms with Crippen molar-refractivity contribution in [2.24, 2.45) is 0 Å². The fraction of sp³-hybridized carbons (Fsp3) is 0.444. The summed E-state index contributed by atoms with van der Waals surface area (Å²) in [5.74, 6) is 0. The van der Waals surface area contributed by atoms with Crippen LogP contribution in [0.3, 0.4) is 0 Å².